The number of hydrogen-bond donors (Lipinski definition) is 0. The van der Waals surface area contributed by atoms with Crippen LogP contribution in [0.5, 0.6) is 0 Å². The fourth-order valence-corrected chi connectivity index (χ4v) is 2.48. The minimum Gasteiger partial charge on any atom is -0.466 e. The van der Waals surface area contributed by atoms with E-state index in [2.05, 4.69) is 4.98 Å². The maximum absolute atomic E-state index is 12.9. The number of esters is 1. The van der Waals surface area contributed by atoms with Crippen LogP contribution in [0, 0.1) is 13.8 Å². The fraction of sp³-hybridized carbons (Fsp3) is 0.350. The molecule has 1 amide bonds. The lowest BCUT2D eigenvalue weighted by molar-refractivity contribution is -0.143. The number of hydrogen-bond acceptors (Lipinski definition) is 4. The maximum atomic E-state index is 12.9. The van der Waals surface area contributed by atoms with Gasteiger partial charge in [-0.15, -0.1) is 0 Å². The van der Waals surface area contributed by atoms with Crippen LogP contribution in [-0.2, 0) is 16.1 Å². The van der Waals surface area contributed by atoms with Gasteiger partial charge in [-0.25, -0.2) is 0 Å². The SMILES string of the molecule is CCOC(=O)CCN(Cc1cccnc1)C(=O)c1ccc(C)c(C)c1. The molecule has 1 heterocycles. The maximum Gasteiger partial charge on any atom is 0.307 e. The summed E-state index contributed by atoms with van der Waals surface area (Å²) >= 11 is 0. The van der Waals surface area contributed by atoms with Crippen LogP contribution in [0.15, 0.2) is 42.7 Å². The summed E-state index contributed by atoms with van der Waals surface area (Å²) in [6.45, 7) is 6.81. The lowest BCUT2D eigenvalue weighted by Gasteiger charge is -2.23. The molecular weight excluding hydrogens is 316 g/mol. The number of carbonyl (C=O) groups is 2. The minimum atomic E-state index is -0.299. The number of aryl methyl sites for hydroxylation is 2. The molecule has 0 atom stereocenters. The largest absolute Gasteiger partial charge is 0.466 e. The van der Waals surface area contributed by atoms with Crippen molar-refractivity contribution in [3.8, 4) is 0 Å². The van der Waals surface area contributed by atoms with Gasteiger partial charge >= 0.3 is 5.97 Å². The molecule has 0 saturated carbocycles. The molecular formula is C20H24N2O3. The molecule has 0 radical (unpaired) electrons. The van der Waals surface area contributed by atoms with Crippen LogP contribution < -0.4 is 0 Å². The second-order valence-corrected chi connectivity index (χ2v) is 5.94. The predicted molar refractivity (Wildman–Crippen MR) is 96.1 cm³/mol. The van der Waals surface area contributed by atoms with Gasteiger partial charge in [-0.3, -0.25) is 14.6 Å². The molecule has 1 aromatic carbocycles. The molecule has 132 valence electrons. The first-order valence-electron chi connectivity index (χ1n) is 8.42. The first-order chi connectivity index (χ1) is 12.0. The highest BCUT2D eigenvalue weighted by Gasteiger charge is 2.18. The molecule has 5 heteroatoms. The van der Waals surface area contributed by atoms with Gasteiger partial charge in [0.05, 0.1) is 13.0 Å². The Morgan fingerprint density at radius 3 is 2.60 bits per heavy atom. The van der Waals surface area contributed by atoms with Gasteiger partial charge in [-0.1, -0.05) is 12.1 Å². The number of nitrogens with zero attached hydrogens (tertiary/aromatic N) is 2. The first-order valence-corrected chi connectivity index (χ1v) is 8.42. The van der Waals surface area contributed by atoms with Gasteiger partial charge in [-0.05, 0) is 55.7 Å². The third-order valence-corrected chi connectivity index (χ3v) is 4.03. The Morgan fingerprint density at radius 2 is 1.96 bits per heavy atom. The molecule has 2 rings (SSSR count). The van der Waals surface area contributed by atoms with E-state index < -0.39 is 0 Å². The molecule has 0 aliphatic carbocycles. The monoisotopic (exact) mass is 340 g/mol. The summed E-state index contributed by atoms with van der Waals surface area (Å²) in [7, 11) is 0. The summed E-state index contributed by atoms with van der Waals surface area (Å²) in [5, 5.41) is 0. The smallest absolute Gasteiger partial charge is 0.307 e. The highest BCUT2D eigenvalue weighted by atomic mass is 16.5. The molecule has 0 bridgehead atoms. The average molecular weight is 340 g/mol. The van der Waals surface area contributed by atoms with Crippen molar-refractivity contribution in [1.82, 2.24) is 9.88 Å². The van der Waals surface area contributed by atoms with E-state index in [4.69, 9.17) is 4.74 Å². The van der Waals surface area contributed by atoms with Crippen LogP contribution in [0.4, 0.5) is 0 Å². The molecule has 2 aromatic rings. The van der Waals surface area contributed by atoms with E-state index in [1.54, 1.807) is 24.2 Å². The van der Waals surface area contributed by atoms with Gasteiger partial charge in [0.15, 0.2) is 0 Å². The third kappa shape index (κ3) is 5.41. The highest BCUT2D eigenvalue weighted by molar-refractivity contribution is 5.94. The lowest BCUT2D eigenvalue weighted by Crippen LogP contribution is -2.33. The molecule has 0 aliphatic heterocycles. The van der Waals surface area contributed by atoms with Crippen molar-refractivity contribution in [2.45, 2.75) is 33.7 Å². The van der Waals surface area contributed by atoms with Gasteiger partial charge in [0.1, 0.15) is 0 Å². The number of rotatable bonds is 7. The second kappa shape index (κ2) is 8.97. The second-order valence-electron chi connectivity index (χ2n) is 5.94. The van der Waals surface area contributed by atoms with E-state index in [-0.39, 0.29) is 18.3 Å². The van der Waals surface area contributed by atoms with Crippen LogP contribution in [0.25, 0.3) is 0 Å². The summed E-state index contributed by atoms with van der Waals surface area (Å²) in [6, 6.07) is 9.40. The number of amides is 1. The normalized spacial score (nSPS) is 10.4. The predicted octanol–water partition coefficient (Wildman–Crippen LogP) is 3.29. The van der Waals surface area contributed by atoms with Gasteiger partial charge in [-0.2, -0.15) is 0 Å². The Balaban J connectivity index is 2.18. The van der Waals surface area contributed by atoms with Crippen molar-refractivity contribution < 1.29 is 14.3 Å². The molecule has 0 fully saturated rings. The summed E-state index contributed by atoms with van der Waals surface area (Å²) < 4.78 is 4.97. The molecule has 1 aromatic heterocycles. The summed E-state index contributed by atoms with van der Waals surface area (Å²) in [4.78, 5) is 30.4. The van der Waals surface area contributed by atoms with E-state index in [1.165, 1.54) is 0 Å². The lowest BCUT2D eigenvalue weighted by atomic mass is 10.1. The van der Waals surface area contributed by atoms with Crippen LogP contribution in [-0.4, -0.2) is 34.9 Å². The Hall–Kier alpha value is -2.69. The van der Waals surface area contributed by atoms with Gasteiger partial charge in [0.25, 0.3) is 5.91 Å². The quantitative estimate of drug-likeness (QED) is 0.726. The Kier molecular flexibility index (Phi) is 6.69. The van der Waals surface area contributed by atoms with Crippen LogP contribution >= 0.6 is 0 Å². The highest BCUT2D eigenvalue weighted by Crippen LogP contribution is 2.14. The standard InChI is InChI=1S/C20H24N2O3/c1-4-25-19(23)9-11-22(14-17-6-5-10-21-13-17)20(24)18-8-7-15(2)16(3)12-18/h5-8,10,12-13H,4,9,11,14H2,1-3H3. The van der Waals surface area contributed by atoms with Crippen molar-refractivity contribution in [1.29, 1.82) is 0 Å². The van der Waals surface area contributed by atoms with E-state index >= 15 is 0 Å². The van der Waals surface area contributed by atoms with Crippen molar-refractivity contribution in [2.75, 3.05) is 13.2 Å². The molecule has 25 heavy (non-hydrogen) atoms. The Bertz CT molecular complexity index is 729. The van der Waals surface area contributed by atoms with Crippen molar-refractivity contribution in [3.05, 3.63) is 65.0 Å². The van der Waals surface area contributed by atoms with Crippen molar-refractivity contribution in [3.63, 3.8) is 0 Å². The van der Waals surface area contributed by atoms with E-state index in [0.29, 0.717) is 25.3 Å². The van der Waals surface area contributed by atoms with Gasteiger partial charge in [0, 0.05) is 31.0 Å². The zero-order valence-corrected chi connectivity index (χ0v) is 15.0. The van der Waals surface area contributed by atoms with E-state index in [0.717, 1.165) is 16.7 Å². The number of carbonyl (C=O) groups excluding carboxylic acids is 2. The summed E-state index contributed by atoms with van der Waals surface area (Å²) in [6.07, 6.45) is 3.59. The van der Waals surface area contributed by atoms with Crippen molar-refractivity contribution >= 4 is 11.9 Å². The number of benzene rings is 1. The number of aromatic nitrogens is 1. The van der Waals surface area contributed by atoms with E-state index in [1.807, 2.05) is 44.2 Å². The van der Waals surface area contributed by atoms with Gasteiger partial charge < -0.3 is 9.64 Å². The number of pyridine rings is 1. The zero-order valence-electron chi connectivity index (χ0n) is 15.0. The fourth-order valence-electron chi connectivity index (χ4n) is 2.48. The van der Waals surface area contributed by atoms with Crippen molar-refractivity contribution in [2.24, 2.45) is 0 Å². The van der Waals surface area contributed by atoms with Crippen LogP contribution in [0.1, 0.15) is 40.4 Å². The molecule has 0 unspecified atom stereocenters. The third-order valence-electron chi connectivity index (χ3n) is 4.03. The molecule has 0 spiro atoms. The summed E-state index contributed by atoms with van der Waals surface area (Å²) in [5.41, 5.74) is 3.75. The number of ether oxygens (including phenoxy) is 1. The minimum absolute atomic E-state index is 0.101. The van der Waals surface area contributed by atoms with Gasteiger partial charge in [0.2, 0.25) is 0 Å². The molecule has 5 nitrogen and oxygen atoms in total. The summed E-state index contributed by atoms with van der Waals surface area (Å²) in [5.74, 6) is -0.400. The Labute approximate surface area is 148 Å². The van der Waals surface area contributed by atoms with Crippen LogP contribution in [0.3, 0.4) is 0 Å². The zero-order chi connectivity index (χ0) is 18.2. The van der Waals surface area contributed by atoms with E-state index in [9.17, 15) is 9.59 Å². The van der Waals surface area contributed by atoms with Crippen LogP contribution in [0.2, 0.25) is 0 Å². The Morgan fingerprint density at radius 1 is 1.16 bits per heavy atom. The molecule has 0 aliphatic rings. The first kappa shape index (κ1) is 18.6. The molecule has 0 saturated heterocycles. The topological polar surface area (TPSA) is 59.5 Å². The average Bonchev–Trinajstić information content (AvgIpc) is 2.61. The molecule has 0 N–H and O–H groups in total.